The lowest BCUT2D eigenvalue weighted by molar-refractivity contribution is 0.0949. The summed E-state index contributed by atoms with van der Waals surface area (Å²) in [5.74, 6) is 1.07. The van der Waals surface area contributed by atoms with Crippen LogP contribution < -0.4 is 16.8 Å². The van der Waals surface area contributed by atoms with E-state index in [-0.39, 0.29) is 17.6 Å². The number of amides is 1. The lowest BCUT2D eigenvalue weighted by Crippen LogP contribution is -2.26. The van der Waals surface area contributed by atoms with Crippen LogP contribution in [0.5, 0.6) is 0 Å². The molecule has 2 rings (SSSR count). The van der Waals surface area contributed by atoms with Gasteiger partial charge in [0.1, 0.15) is 6.26 Å². The van der Waals surface area contributed by atoms with Gasteiger partial charge in [0.25, 0.3) is 5.91 Å². The molecule has 0 spiro atoms. The zero-order valence-electron chi connectivity index (χ0n) is 13.1. The molecule has 1 heterocycles. The highest BCUT2D eigenvalue weighted by molar-refractivity contribution is 7.98. The number of anilines is 1. The maximum Gasteiger partial charge on any atom is 0.273 e. The van der Waals surface area contributed by atoms with Gasteiger partial charge in [-0.3, -0.25) is 4.79 Å². The van der Waals surface area contributed by atoms with Crippen molar-refractivity contribution >= 4 is 23.4 Å². The molecule has 2 aromatic rings. The van der Waals surface area contributed by atoms with Gasteiger partial charge in [0.05, 0.1) is 6.04 Å². The Balaban J connectivity index is 1.81. The van der Waals surface area contributed by atoms with E-state index in [2.05, 4.69) is 10.3 Å². The lowest BCUT2D eigenvalue weighted by Gasteiger charge is -2.05. The highest BCUT2D eigenvalue weighted by Crippen LogP contribution is 2.15. The molecule has 0 saturated heterocycles. The maximum atomic E-state index is 12.0. The summed E-state index contributed by atoms with van der Waals surface area (Å²) in [5.41, 5.74) is 13.7. The van der Waals surface area contributed by atoms with Gasteiger partial charge in [-0.1, -0.05) is 12.1 Å². The van der Waals surface area contributed by atoms with Crippen molar-refractivity contribution in [2.75, 3.05) is 24.3 Å². The van der Waals surface area contributed by atoms with Crippen LogP contribution in [0.3, 0.4) is 0 Å². The van der Waals surface area contributed by atoms with E-state index >= 15 is 0 Å². The van der Waals surface area contributed by atoms with Gasteiger partial charge in [-0.05, 0) is 42.5 Å². The number of hydrogen-bond donors (Lipinski definition) is 3. The Bertz CT molecular complexity index is 627. The molecule has 1 atom stereocenters. The third-order valence-electron chi connectivity index (χ3n) is 3.38. The lowest BCUT2D eigenvalue weighted by atomic mass is 10.1. The Morgan fingerprint density at radius 3 is 2.83 bits per heavy atom. The molecule has 6 nitrogen and oxygen atoms in total. The van der Waals surface area contributed by atoms with E-state index in [0.717, 1.165) is 29.8 Å². The molecule has 0 fully saturated rings. The summed E-state index contributed by atoms with van der Waals surface area (Å²) in [7, 11) is 0. The van der Waals surface area contributed by atoms with Gasteiger partial charge in [0, 0.05) is 12.2 Å². The van der Waals surface area contributed by atoms with Gasteiger partial charge in [-0.25, -0.2) is 4.98 Å². The van der Waals surface area contributed by atoms with Gasteiger partial charge in [-0.15, -0.1) is 0 Å². The summed E-state index contributed by atoms with van der Waals surface area (Å²) in [6.07, 6.45) is 4.86. The minimum Gasteiger partial charge on any atom is -0.446 e. The van der Waals surface area contributed by atoms with Crippen LogP contribution in [0.15, 0.2) is 34.9 Å². The third-order valence-corrected chi connectivity index (χ3v) is 4.03. The van der Waals surface area contributed by atoms with Crippen molar-refractivity contribution in [1.29, 1.82) is 0 Å². The van der Waals surface area contributed by atoms with E-state index in [0.29, 0.717) is 12.4 Å². The summed E-state index contributed by atoms with van der Waals surface area (Å²) >= 11 is 1.71. The molecule has 0 bridgehead atoms. The van der Waals surface area contributed by atoms with Crippen molar-refractivity contribution in [3.05, 3.63) is 47.7 Å². The van der Waals surface area contributed by atoms with E-state index in [1.54, 1.807) is 11.8 Å². The number of nitrogens with two attached hydrogens (primary N) is 2. The fourth-order valence-corrected chi connectivity index (χ4v) is 2.52. The monoisotopic (exact) mass is 334 g/mol. The number of carbonyl (C=O) groups excluding carboxylic acids is 1. The molecule has 23 heavy (non-hydrogen) atoms. The minimum atomic E-state index is -0.279. The van der Waals surface area contributed by atoms with Crippen molar-refractivity contribution in [3.8, 4) is 0 Å². The molecule has 0 saturated carbocycles. The van der Waals surface area contributed by atoms with Crippen LogP contribution in [0.4, 0.5) is 5.69 Å². The average molecular weight is 334 g/mol. The van der Waals surface area contributed by atoms with E-state index in [1.807, 2.05) is 30.5 Å². The predicted molar refractivity (Wildman–Crippen MR) is 93.3 cm³/mol. The van der Waals surface area contributed by atoms with Crippen LogP contribution in [0.1, 0.15) is 34.4 Å². The Hall–Kier alpha value is -1.99. The van der Waals surface area contributed by atoms with Gasteiger partial charge in [0.2, 0.25) is 5.89 Å². The SMILES string of the molecule is CSCCC(N)c1nc(C(=O)NCCc2ccc(N)cc2)co1. The Morgan fingerprint density at radius 1 is 1.39 bits per heavy atom. The van der Waals surface area contributed by atoms with Crippen molar-refractivity contribution in [1.82, 2.24) is 10.3 Å². The second kappa shape index (κ2) is 8.59. The largest absolute Gasteiger partial charge is 0.446 e. The molecule has 0 aliphatic carbocycles. The van der Waals surface area contributed by atoms with Crippen LogP contribution in [-0.4, -0.2) is 29.4 Å². The first-order chi connectivity index (χ1) is 11.1. The number of nitrogens with one attached hydrogen (secondary N) is 1. The van der Waals surface area contributed by atoms with Gasteiger partial charge >= 0.3 is 0 Å². The highest BCUT2D eigenvalue weighted by atomic mass is 32.2. The van der Waals surface area contributed by atoms with Crippen LogP contribution in [0.25, 0.3) is 0 Å². The van der Waals surface area contributed by atoms with Crippen LogP contribution >= 0.6 is 11.8 Å². The number of oxazole rings is 1. The number of rotatable bonds is 8. The first kappa shape index (κ1) is 17.4. The summed E-state index contributed by atoms with van der Waals surface area (Å²) in [6, 6.07) is 7.30. The van der Waals surface area contributed by atoms with Crippen molar-refractivity contribution < 1.29 is 9.21 Å². The maximum absolute atomic E-state index is 12.0. The Morgan fingerprint density at radius 2 is 2.13 bits per heavy atom. The fraction of sp³-hybridized carbons (Fsp3) is 0.375. The Labute approximate surface area is 140 Å². The third kappa shape index (κ3) is 5.30. The van der Waals surface area contributed by atoms with E-state index in [9.17, 15) is 4.79 Å². The number of aromatic nitrogens is 1. The van der Waals surface area contributed by atoms with Crippen LogP contribution in [-0.2, 0) is 6.42 Å². The second-order valence-electron chi connectivity index (χ2n) is 5.21. The molecular weight excluding hydrogens is 312 g/mol. The van der Waals surface area contributed by atoms with Crippen molar-refractivity contribution in [2.45, 2.75) is 18.9 Å². The first-order valence-electron chi connectivity index (χ1n) is 7.42. The van der Waals surface area contributed by atoms with Crippen LogP contribution in [0, 0.1) is 0 Å². The van der Waals surface area contributed by atoms with Crippen molar-refractivity contribution in [3.63, 3.8) is 0 Å². The number of carbonyl (C=O) groups is 1. The summed E-state index contributed by atoms with van der Waals surface area (Å²) < 4.78 is 5.30. The Kier molecular flexibility index (Phi) is 6.49. The number of thioether (sulfide) groups is 1. The second-order valence-corrected chi connectivity index (χ2v) is 6.19. The molecule has 1 amide bonds. The minimum absolute atomic E-state index is 0.257. The van der Waals surface area contributed by atoms with E-state index in [4.69, 9.17) is 15.9 Å². The molecule has 0 aliphatic rings. The normalized spacial score (nSPS) is 12.1. The van der Waals surface area contributed by atoms with E-state index < -0.39 is 0 Å². The summed E-state index contributed by atoms with van der Waals surface area (Å²) in [6.45, 7) is 0.517. The molecule has 1 aromatic heterocycles. The quantitative estimate of drug-likeness (QED) is 0.637. The molecule has 1 unspecified atom stereocenters. The zero-order chi connectivity index (χ0) is 16.7. The van der Waals surface area contributed by atoms with E-state index in [1.165, 1.54) is 6.26 Å². The average Bonchev–Trinajstić information content (AvgIpc) is 3.04. The number of hydrogen-bond acceptors (Lipinski definition) is 6. The molecule has 7 heteroatoms. The van der Waals surface area contributed by atoms with Crippen LogP contribution in [0.2, 0.25) is 0 Å². The molecule has 0 aliphatic heterocycles. The first-order valence-corrected chi connectivity index (χ1v) is 8.82. The molecule has 0 radical (unpaired) electrons. The smallest absolute Gasteiger partial charge is 0.273 e. The van der Waals surface area contributed by atoms with Gasteiger partial charge in [0.15, 0.2) is 5.69 Å². The molecule has 124 valence electrons. The predicted octanol–water partition coefficient (Wildman–Crippen LogP) is 1.98. The molecule has 5 N–H and O–H groups in total. The number of nitrogens with zero attached hydrogens (tertiary/aromatic N) is 1. The van der Waals surface area contributed by atoms with Gasteiger partial charge in [-0.2, -0.15) is 11.8 Å². The summed E-state index contributed by atoms with van der Waals surface area (Å²) in [5, 5.41) is 2.82. The number of nitrogen functional groups attached to an aromatic ring is 1. The fourth-order valence-electron chi connectivity index (χ4n) is 2.03. The van der Waals surface area contributed by atoms with Crippen molar-refractivity contribution in [2.24, 2.45) is 5.73 Å². The number of benzene rings is 1. The molecule has 1 aromatic carbocycles. The highest BCUT2D eigenvalue weighted by Gasteiger charge is 2.16. The van der Waals surface area contributed by atoms with Gasteiger partial charge < -0.3 is 21.2 Å². The molecular formula is C16H22N4O2S. The standard InChI is InChI=1S/C16H22N4O2S/c1-23-9-7-13(18)16-20-14(10-22-16)15(21)19-8-6-11-2-4-12(17)5-3-11/h2-5,10,13H,6-9,17-18H2,1H3,(H,19,21). The summed E-state index contributed by atoms with van der Waals surface area (Å²) in [4.78, 5) is 16.2. The zero-order valence-corrected chi connectivity index (χ0v) is 13.9. The topological polar surface area (TPSA) is 107 Å².